The van der Waals surface area contributed by atoms with Gasteiger partial charge in [-0.05, 0) is 31.0 Å². The van der Waals surface area contributed by atoms with Crippen LogP contribution in [0, 0.1) is 0 Å². The lowest BCUT2D eigenvalue weighted by molar-refractivity contribution is -0.115. The molecule has 0 aliphatic carbocycles. The normalized spacial score (nSPS) is 17.0. The number of hydrogen-bond donors (Lipinski definition) is 3. The van der Waals surface area contributed by atoms with Crippen molar-refractivity contribution in [2.24, 2.45) is 0 Å². The minimum Gasteiger partial charge on any atom is -0.376 e. The number of benzene rings is 1. The maximum atomic E-state index is 11.9. The standard InChI is InChI=1S/C16H20N4O3S/c1-2-14(21)20-16-19-12-8-10(5-6-13(12)24-16)18-15(22)17-9-11-4-3-7-23-11/h5-6,8,11H,2-4,7,9H2,1H3,(H2,17,18,22)(H,19,20,21). The number of fused-ring (bicyclic) bond motifs is 1. The summed E-state index contributed by atoms with van der Waals surface area (Å²) in [6.07, 6.45) is 2.55. The van der Waals surface area contributed by atoms with Gasteiger partial charge in [0.15, 0.2) is 5.13 Å². The van der Waals surface area contributed by atoms with Gasteiger partial charge in [0.2, 0.25) is 5.91 Å². The van der Waals surface area contributed by atoms with E-state index in [1.807, 2.05) is 12.1 Å². The van der Waals surface area contributed by atoms with Gasteiger partial charge in [0.25, 0.3) is 0 Å². The van der Waals surface area contributed by atoms with E-state index in [1.165, 1.54) is 11.3 Å². The Labute approximate surface area is 143 Å². The molecule has 1 fully saturated rings. The van der Waals surface area contributed by atoms with Gasteiger partial charge >= 0.3 is 6.03 Å². The number of carbonyl (C=O) groups excluding carboxylic acids is 2. The summed E-state index contributed by atoms with van der Waals surface area (Å²) in [6.45, 7) is 3.07. The predicted molar refractivity (Wildman–Crippen MR) is 94.5 cm³/mol. The van der Waals surface area contributed by atoms with Crippen LogP contribution < -0.4 is 16.0 Å². The Balaban J connectivity index is 1.59. The third-order valence-corrected chi connectivity index (χ3v) is 4.68. The number of hydrogen-bond acceptors (Lipinski definition) is 5. The number of nitrogens with one attached hydrogen (secondary N) is 3. The fraction of sp³-hybridized carbons (Fsp3) is 0.438. The number of thiazole rings is 1. The van der Waals surface area contributed by atoms with Crippen LogP contribution in [0.25, 0.3) is 10.2 Å². The quantitative estimate of drug-likeness (QED) is 0.774. The van der Waals surface area contributed by atoms with E-state index in [9.17, 15) is 9.59 Å². The first-order valence-electron chi connectivity index (χ1n) is 8.01. The molecule has 3 rings (SSSR count). The molecule has 24 heavy (non-hydrogen) atoms. The van der Waals surface area contributed by atoms with Crippen LogP contribution in [0.2, 0.25) is 0 Å². The van der Waals surface area contributed by atoms with E-state index in [0.717, 1.165) is 29.7 Å². The lowest BCUT2D eigenvalue weighted by Crippen LogP contribution is -2.34. The molecule has 0 spiro atoms. The first-order valence-corrected chi connectivity index (χ1v) is 8.82. The van der Waals surface area contributed by atoms with E-state index >= 15 is 0 Å². The van der Waals surface area contributed by atoms with Gasteiger partial charge in [-0.3, -0.25) is 4.79 Å². The maximum Gasteiger partial charge on any atom is 0.319 e. The van der Waals surface area contributed by atoms with Gasteiger partial charge in [0, 0.05) is 25.3 Å². The summed E-state index contributed by atoms with van der Waals surface area (Å²) in [5.41, 5.74) is 1.40. The van der Waals surface area contributed by atoms with Gasteiger partial charge in [-0.25, -0.2) is 9.78 Å². The summed E-state index contributed by atoms with van der Waals surface area (Å²) in [6, 6.07) is 5.22. The number of aromatic nitrogens is 1. The Morgan fingerprint density at radius 2 is 2.25 bits per heavy atom. The monoisotopic (exact) mass is 348 g/mol. The second kappa shape index (κ2) is 7.59. The molecule has 0 radical (unpaired) electrons. The van der Waals surface area contributed by atoms with Crippen LogP contribution in [0.3, 0.4) is 0 Å². The van der Waals surface area contributed by atoms with Crippen molar-refractivity contribution in [1.29, 1.82) is 0 Å². The van der Waals surface area contributed by atoms with E-state index < -0.39 is 0 Å². The molecule has 1 aliphatic heterocycles. The first-order chi connectivity index (χ1) is 11.6. The van der Waals surface area contributed by atoms with Gasteiger partial charge in [0.1, 0.15) is 0 Å². The Bertz CT molecular complexity index is 740. The molecule has 3 N–H and O–H groups in total. The number of carbonyl (C=O) groups is 2. The minimum absolute atomic E-state index is 0.0686. The van der Waals surface area contributed by atoms with Crippen molar-refractivity contribution < 1.29 is 14.3 Å². The summed E-state index contributed by atoms with van der Waals surface area (Å²) < 4.78 is 6.42. The maximum absolute atomic E-state index is 11.9. The number of amides is 3. The van der Waals surface area contributed by atoms with Crippen LogP contribution in [0.5, 0.6) is 0 Å². The van der Waals surface area contributed by atoms with Crippen molar-refractivity contribution in [2.45, 2.75) is 32.3 Å². The lowest BCUT2D eigenvalue weighted by atomic mass is 10.2. The first kappa shape index (κ1) is 16.7. The second-order valence-electron chi connectivity index (χ2n) is 5.57. The average molecular weight is 348 g/mol. The smallest absolute Gasteiger partial charge is 0.319 e. The molecule has 2 aromatic rings. The topological polar surface area (TPSA) is 92.4 Å². The summed E-state index contributed by atoms with van der Waals surface area (Å²) in [7, 11) is 0. The summed E-state index contributed by atoms with van der Waals surface area (Å²) in [4.78, 5) is 27.7. The Kier molecular flexibility index (Phi) is 5.27. The van der Waals surface area contributed by atoms with E-state index in [4.69, 9.17) is 4.74 Å². The highest BCUT2D eigenvalue weighted by molar-refractivity contribution is 7.22. The number of anilines is 2. The lowest BCUT2D eigenvalue weighted by Gasteiger charge is -2.11. The molecular formula is C16H20N4O3S. The van der Waals surface area contributed by atoms with Crippen molar-refractivity contribution in [3.8, 4) is 0 Å². The molecule has 1 aliphatic rings. The summed E-state index contributed by atoms with van der Waals surface area (Å²) in [5, 5.41) is 8.92. The van der Waals surface area contributed by atoms with E-state index in [1.54, 1.807) is 13.0 Å². The highest BCUT2D eigenvalue weighted by Crippen LogP contribution is 2.28. The van der Waals surface area contributed by atoms with Crippen LogP contribution in [0.4, 0.5) is 15.6 Å². The fourth-order valence-corrected chi connectivity index (χ4v) is 3.32. The van der Waals surface area contributed by atoms with E-state index in [0.29, 0.717) is 23.8 Å². The number of nitrogens with zero attached hydrogens (tertiary/aromatic N) is 1. The highest BCUT2D eigenvalue weighted by Gasteiger charge is 2.16. The van der Waals surface area contributed by atoms with Crippen LogP contribution in [0.15, 0.2) is 18.2 Å². The highest BCUT2D eigenvalue weighted by atomic mass is 32.1. The van der Waals surface area contributed by atoms with Crippen LogP contribution in [0.1, 0.15) is 26.2 Å². The number of ether oxygens (including phenoxy) is 1. The van der Waals surface area contributed by atoms with E-state index in [-0.39, 0.29) is 18.0 Å². The van der Waals surface area contributed by atoms with Gasteiger partial charge in [-0.15, -0.1) is 0 Å². The largest absolute Gasteiger partial charge is 0.376 e. The average Bonchev–Trinajstić information content (AvgIpc) is 3.21. The van der Waals surface area contributed by atoms with Gasteiger partial charge in [-0.1, -0.05) is 18.3 Å². The molecule has 128 valence electrons. The molecule has 1 aromatic heterocycles. The molecule has 1 unspecified atom stereocenters. The minimum atomic E-state index is -0.264. The third kappa shape index (κ3) is 4.21. The Morgan fingerprint density at radius 1 is 1.38 bits per heavy atom. The van der Waals surface area contributed by atoms with Gasteiger partial charge < -0.3 is 20.7 Å². The van der Waals surface area contributed by atoms with Crippen molar-refractivity contribution >= 4 is 44.3 Å². The molecule has 1 atom stereocenters. The SMILES string of the molecule is CCC(=O)Nc1nc2cc(NC(=O)NCC3CCCO3)ccc2s1. The summed E-state index contributed by atoms with van der Waals surface area (Å²) >= 11 is 1.41. The van der Waals surface area contributed by atoms with Crippen molar-refractivity contribution in [1.82, 2.24) is 10.3 Å². The molecule has 8 heteroatoms. The zero-order valence-electron chi connectivity index (χ0n) is 13.4. The van der Waals surface area contributed by atoms with Gasteiger partial charge in [-0.2, -0.15) is 0 Å². The molecule has 0 bridgehead atoms. The van der Waals surface area contributed by atoms with Crippen LogP contribution in [-0.4, -0.2) is 36.2 Å². The molecule has 3 amide bonds. The zero-order chi connectivity index (χ0) is 16.9. The molecule has 1 saturated heterocycles. The number of rotatable bonds is 5. The second-order valence-corrected chi connectivity index (χ2v) is 6.60. The fourth-order valence-electron chi connectivity index (χ4n) is 2.45. The molecule has 7 nitrogen and oxygen atoms in total. The molecule has 2 heterocycles. The van der Waals surface area contributed by atoms with Gasteiger partial charge in [0.05, 0.1) is 16.3 Å². The number of urea groups is 1. The molecule has 1 aromatic carbocycles. The van der Waals surface area contributed by atoms with Crippen LogP contribution >= 0.6 is 11.3 Å². The Morgan fingerprint density at radius 3 is 3.00 bits per heavy atom. The van der Waals surface area contributed by atoms with E-state index in [2.05, 4.69) is 20.9 Å². The molecule has 0 saturated carbocycles. The predicted octanol–water partition coefficient (Wildman–Crippen LogP) is 2.95. The summed E-state index contributed by atoms with van der Waals surface area (Å²) in [5.74, 6) is -0.0686. The Hall–Kier alpha value is -2.19. The third-order valence-electron chi connectivity index (χ3n) is 3.73. The molecular weight excluding hydrogens is 328 g/mol. The van der Waals surface area contributed by atoms with Crippen molar-refractivity contribution in [3.05, 3.63) is 18.2 Å². The van der Waals surface area contributed by atoms with Crippen molar-refractivity contribution in [2.75, 3.05) is 23.8 Å². The van der Waals surface area contributed by atoms with Crippen LogP contribution in [-0.2, 0) is 9.53 Å². The zero-order valence-corrected chi connectivity index (χ0v) is 14.2. The van der Waals surface area contributed by atoms with Crippen molar-refractivity contribution in [3.63, 3.8) is 0 Å².